The summed E-state index contributed by atoms with van der Waals surface area (Å²) in [7, 11) is 2.72. The minimum atomic E-state index is -0.400. The minimum Gasteiger partial charge on any atom is -0.469 e. The average Bonchev–Trinajstić information content (AvgIpc) is 2.44. The van der Waals surface area contributed by atoms with E-state index >= 15 is 0 Å². The summed E-state index contributed by atoms with van der Waals surface area (Å²) in [5, 5.41) is 0. The van der Waals surface area contributed by atoms with Crippen LogP contribution in [0, 0.1) is 0 Å². The zero-order chi connectivity index (χ0) is 13.1. The van der Waals surface area contributed by atoms with Gasteiger partial charge in [0, 0.05) is 0 Å². The van der Waals surface area contributed by atoms with Crippen molar-refractivity contribution in [2.24, 2.45) is 0 Å². The first kappa shape index (κ1) is 12.6. The highest BCUT2D eigenvalue weighted by Gasteiger charge is 2.31. The second kappa shape index (κ2) is 5.21. The number of aryl methyl sites for hydroxylation is 1. The Morgan fingerprint density at radius 3 is 2.67 bits per heavy atom. The van der Waals surface area contributed by atoms with Gasteiger partial charge in [-0.3, -0.25) is 4.79 Å². The van der Waals surface area contributed by atoms with Crippen LogP contribution in [-0.2, 0) is 20.7 Å². The maximum Gasteiger partial charge on any atom is 0.338 e. The van der Waals surface area contributed by atoms with Crippen molar-refractivity contribution in [3.8, 4) is 0 Å². The molecule has 1 aliphatic rings. The van der Waals surface area contributed by atoms with E-state index in [4.69, 9.17) is 9.47 Å². The molecule has 0 spiro atoms. The summed E-state index contributed by atoms with van der Waals surface area (Å²) >= 11 is 0. The molecule has 4 heteroatoms. The lowest BCUT2D eigenvalue weighted by Crippen LogP contribution is -2.23. The molecule has 4 nitrogen and oxygen atoms in total. The Kier molecular flexibility index (Phi) is 3.65. The van der Waals surface area contributed by atoms with Gasteiger partial charge < -0.3 is 9.47 Å². The fraction of sp³-hybridized carbons (Fsp3) is 0.429. The molecule has 0 aromatic heterocycles. The Balaban J connectivity index is 2.52. The quantitative estimate of drug-likeness (QED) is 0.752. The molecule has 1 atom stereocenters. The number of fused-ring (bicyclic) bond motifs is 1. The lowest BCUT2D eigenvalue weighted by atomic mass is 9.80. The van der Waals surface area contributed by atoms with Crippen LogP contribution in [0.3, 0.4) is 0 Å². The summed E-state index contributed by atoms with van der Waals surface area (Å²) in [5.41, 5.74) is 2.30. The third-order valence-electron chi connectivity index (χ3n) is 3.37. The summed E-state index contributed by atoms with van der Waals surface area (Å²) in [6, 6.07) is 5.48. The number of carbonyl (C=O) groups excluding carboxylic acids is 2. The van der Waals surface area contributed by atoms with Gasteiger partial charge in [-0.25, -0.2) is 4.79 Å². The number of carbonyl (C=O) groups is 2. The maximum atomic E-state index is 11.8. The highest BCUT2D eigenvalue weighted by Crippen LogP contribution is 2.35. The van der Waals surface area contributed by atoms with Crippen LogP contribution in [0.2, 0.25) is 0 Å². The number of esters is 2. The summed E-state index contributed by atoms with van der Waals surface area (Å²) in [6.45, 7) is 0. The maximum absolute atomic E-state index is 11.8. The number of benzene rings is 1. The molecule has 1 aromatic carbocycles. The van der Waals surface area contributed by atoms with Gasteiger partial charge in [-0.15, -0.1) is 0 Å². The molecule has 0 radical (unpaired) electrons. The van der Waals surface area contributed by atoms with Crippen LogP contribution in [0.25, 0.3) is 0 Å². The lowest BCUT2D eigenvalue weighted by Gasteiger charge is -2.25. The molecule has 0 amide bonds. The Bertz CT molecular complexity index is 479. The molecule has 0 heterocycles. The van der Waals surface area contributed by atoms with Crippen LogP contribution in [0.1, 0.15) is 40.2 Å². The van der Waals surface area contributed by atoms with Crippen LogP contribution in [0.15, 0.2) is 18.2 Å². The van der Waals surface area contributed by atoms with E-state index in [1.54, 1.807) is 6.07 Å². The number of rotatable bonds is 2. The van der Waals surface area contributed by atoms with Gasteiger partial charge >= 0.3 is 11.9 Å². The Morgan fingerprint density at radius 2 is 2.00 bits per heavy atom. The monoisotopic (exact) mass is 248 g/mol. The van der Waals surface area contributed by atoms with Crippen molar-refractivity contribution in [1.29, 1.82) is 0 Å². The topological polar surface area (TPSA) is 52.6 Å². The number of hydrogen-bond acceptors (Lipinski definition) is 4. The van der Waals surface area contributed by atoms with E-state index in [0.29, 0.717) is 12.0 Å². The van der Waals surface area contributed by atoms with E-state index < -0.39 is 5.97 Å². The van der Waals surface area contributed by atoms with Gasteiger partial charge in [0.1, 0.15) is 0 Å². The van der Waals surface area contributed by atoms with Crippen LogP contribution in [0.4, 0.5) is 0 Å². The second-order valence-corrected chi connectivity index (χ2v) is 4.34. The summed E-state index contributed by atoms with van der Waals surface area (Å²) < 4.78 is 9.60. The second-order valence-electron chi connectivity index (χ2n) is 4.34. The van der Waals surface area contributed by atoms with Crippen molar-refractivity contribution in [2.45, 2.75) is 25.2 Å². The van der Waals surface area contributed by atoms with Crippen LogP contribution < -0.4 is 0 Å². The van der Waals surface area contributed by atoms with Gasteiger partial charge in [0.2, 0.25) is 0 Å². The van der Waals surface area contributed by atoms with E-state index in [2.05, 4.69) is 0 Å². The molecule has 0 N–H and O–H groups in total. The van der Waals surface area contributed by atoms with E-state index in [1.807, 2.05) is 12.1 Å². The molecule has 1 aliphatic carbocycles. The average molecular weight is 248 g/mol. The van der Waals surface area contributed by atoms with Crippen LogP contribution in [-0.4, -0.2) is 26.2 Å². The fourth-order valence-electron chi connectivity index (χ4n) is 2.55. The predicted octanol–water partition coefficient (Wildman–Crippen LogP) is 2.07. The van der Waals surface area contributed by atoms with Gasteiger partial charge in [0.25, 0.3) is 0 Å². The molecule has 96 valence electrons. The smallest absolute Gasteiger partial charge is 0.338 e. The molecule has 0 aliphatic heterocycles. The van der Waals surface area contributed by atoms with Crippen LogP contribution in [0.5, 0.6) is 0 Å². The largest absolute Gasteiger partial charge is 0.469 e. The summed E-state index contributed by atoms with van der Waals surface area (Å²) in [4.78, 5) is 23.6. The first-order valence-corrected chi connectivity index (χ1v) is 5.97. The third-order valence-corrected chi connectivity index (χ3v) is 3.37. The van der Waals surface area contributed by atoms with Crippen molar-refractivity contribution in [2.75, 3.05) is 14.2 Å². The zero-order valence-electron chi connectivity index (χ0n) is 10.6. The SMILES string of the molecule is COC(=O)c1cccc2c1C(C(=O)OC)CCC2. The normalized spacial score (nSPS) is 17.8. The summed E-state index contributed by atoms with van der Waals surface area (Å²) in [6.07, 6.45) is 2.53. The van der Waals surface area contributed by atoms with Crippen molar-refractivity contribution >= 4 is 11.9 Å². The molecule has 1 aromatic rings. The molecule has 0 saturated heterocycles. The fourth-order valence-corrected chi connectivity index (χ4v) is 2.55. The predicted molar refractivity (Wildman–Crippen MR) is 65.5 cm³/mol. The van der Waals surface area contributed by atoms with E-state index in [9.17, 15) is 9.59 Å². The van der Waals surface area contributed by atoms with Crippen LogP contribution >= 0.6 is 0 Å². The first-order valence-electron chi connectivity index (χ1n) is 5.97. The molecule has 2 rings (SSSR count). The van der Waals surface area contributed by atoms with Gasteiger partial charge in [-0.2, -0.15) is 0 Å². The van der Waals surface area contributed by atoms with Gasteiger partial charge in [-0.05, 0) is 36.5 Å². The van der Waals surface area contributed by atoms with Crippen molar-refractivity contribution < 1.29 is 19.1 Å². The zero-order valence-corrected chi connectivity index (χ0v) is 10.6. The van der Waals surface area contributed by atoms with Gasteiger partial charge in [0.15, 0.2) is 0 Å². The van der Waals surface area contributed by atoms with Gasteiger partial charge in [0.05, 0.1) is 25.7 Å². The molecule has 0 saturated carbocycles. The van der Waals surface area contributed by atoms with E-state index in [1.165, 1.54) is 14.2 Å². The van der Waals surface area contributed by atoms with Gasteiger partial charge in [-0.1, -0.05) is 12.1 Å². The van der Waals surface area contributed by atoms with Crippen molar-refractivity contribution in [3.05, 3.63) is 34.9 Å². The molecule has 18 heavy (non-hydrogen) atoms. The minimum absolute atomic E-state index is 0.285. The van der Waals surface area contributed by atoms with Crippen molar-refractivity contribution in [3.63, 3.8) is 0 Å². The molecule has 1 unspecified atom stereocenters. The molecule has 0 bridgehead atoms. The Morgan fingerprint density at radius 1 is 1.22 bits per heavy atom. The standard InChI is InChI=1S/C14H16O4/c1-17-13(15)10-7-3-5-9-6-4-8-11(12(9)10)14(16)18-2/h3,5,7,11H,4,6,8H2,1-2H3. The number of methoxy groups -OCH3 is 2. The highest BCUT2D eigenvalue weighted by atomic mass is 16.5. The summed E-state index contributed by atoms with van der Waals surface area (Å²) in [5.74, 6) is -1.04. The first-order chi connectivity index (χ1) is 8.69. The Labute approximate surface area is 106 Å². The number of hydrogen-bond donors (Lipinski definition) is 0. The molecular formula is C14H16O4. The number of ether oxygens (including phenoxy) is 2. The van der Waals surface area contributed by atoms with Crippen molar-refractivity contribution in [1.82, 2.24) is 0 Å². The third kappa shape index (κ3) is 2.10. The Hall–Kier alpha value is -1.84. The van der Waals surface area contributed by atoms with E-state index in [-0.39, 0.29) is 11.9 Å². The molecule has 0 fully saturated rings. The highest BCUT2D eigenvalue weighted by molar-refractivity contribution is 5.94. The lowest BCUT2D eigenvalue weighted by molar-refractivity contribution is -0.142. The van der Waals surface area contributed by atoms with E-state index in [0.717, 1.165) is 24.0 Å². The molecular weight excluding hydrogens is 232 g/mol.